The predicted molar refractivity (Wildman–Crippen MR) is 93.8 cm³/mol. The van der Waals surface area contributed by atoms with Crippen LogP contribution in [0, 0.1) is 0 Å². The molecule has 0 fully saturated rings. The van der Waals surface area contributed by atoms with Crippen LogP contribution < -0.4 is 14.8 Å². The molecule has 0 saturated carbocycles. The van der Waals surface area contributed by atoms with Crippen LogP contribution in [-0.4, -0.2) is 33.0 Å². The molecule has 0 heterocycles. The van der Waals surface area contributed by atoms with Gasteiger partial charge in [0.15, 0.2) is 11.5 Å². The first-order valence-corrected chi connectivity index (χ1v) is 7.77. The molecule has 1 aromatic rings. The van der Waals surface area contributed by atoms with Crippen molar-refractivity contribution in [1.29, 1.82) is 0 Å². The van der Waals surface area contributed by atoms with Crippen LogP contribution >= 0.6 is 24.0 Å². The number of hydrogen-bond acceptors (Lipinski definition) is 4. The molecule has 0 amide bonds. The van der Waals surface area contributed by atoms with Crippen molar-refractivity contribution < 1.29 is 14.2 Å². The van der Waals surface area contributed by atoms with Gasteiger partial charge in [0.2, 0.25) is 0 Å². The molecule has 0 saturated heterocycles. The number of hydrogen-bond donors (Lipinski definition) is 1. The molecule has 0 bridgehead atoms. The molecule has 1 rings (SSSR count). The standard InChI is InChI=1S/C16H26ClNO3.ClH/c1-5-20-16-14(17)9-13(10-15(16)19-4)11-18-7-6-8-21-12(2)3;/h9-10,12,18H,5-8,11H2,1-4H3;1H. The molecule has 0 aliphatic carbocycles. The van der Waals surface area contributed by atoms with Crippen molar-refractivity contribution in [3.05, 3.63) is 22.7 Å². The van der Waals surface area contributed by atoms with Crippen molar-refractivity contribution in [2.75, 3.05) is 26.9 Å². The largest absolute Gasteiger partial charge is 0.493 e. The van der Waals surface area contributed by atoms with Gasteiger partial charge in [0.05, 0.1) is 24.8 Å². The van der Waals surface area contributed by atoms with Crippen LogP contribution in [0.3, 0.4) is 0 Å². The SMILES string of the molecule is CCOc1c(Cl)cc(CNCCCOC(C)C)cc1OC.Cl. The van der Waals surface area contributed by atoms with Crippen LogP contribution in [0.25, 0.3) is 0 Å². The molecule has 0 atom stereocenters. The highest BCUT2D eigenvalue weighted by atomic mass is 35.5. The van der Waals surface area contributed by atoms with Gasteiger partial charge in [0.1, 0.15) is 0 Å². The lowest BCUT2D eigenvalue weighted by Crippen LogP contribution is -2.17. The van der Waals surface area contributed by atoms with E-state index in [9.17, 15) is 0 Å². The van der Waals surface area contributed by atoms with E-state index in [0.717, 1.165) is 31.7 Å². The van der Waals surface area contributed by atoms with Gasteiger partial charge in [-0.1, -0.05) is 11.6 Å². The summed E-state index contributed by atoms with van der Waals surface area (Å²) in [5.41, 5.74) is 1.07. The van der Waals surface area contributed by atoms with Crippen LogP contribution in [0.1, 0.15) is 32.8 Å². The smallest absolute Gasteiger partial charge is 0.179 e. The zero-order chi connectivity index (χ0) is 15.7. The zero-order valence-electron chi connectivity index (χ0n) is 13.8. The third-order valence-electron chi connectivity index (χ3n) is 2.86. The molecule has 0 aromatic heterocycles. The Kier molecular flexibility index (Phi) is 11.5. The van der Waals surface area contributed by atoms with Crippen molar-refractivity contribution in [3.8, 4) is 11.5 Å². The minimum atomic E-state index is 0. The summed E-state index contributed by atoms with van der Waals surface area (Å²) in [5.74, 6) is 1.28. The lowest BCUT2D eigenvalue weighted by atomic mass is 10.2. The summed E-state index contributed by atoms with van der Waals surface area (Å²) < 4.78 is 16.3. The van der Waals surface area contributed by atoms with Crippen LogP contribution in [0.15, 0.2) is 12.1 Å². The number of methoxy groups -OCH3 is 1. The summed E-state index contributed by atoms with van der Waals surface area (Å²) >= 11 is 6.24. The highest BCUT2D eigenvalue weighted by Crippen LogP contribution is 2.36. The monoisotopic (exact) mass is 351 g/mol. The van der Waals surface area contributed by atoms with E-state index in [0.29, 0.717) is 29.2 Å². The Morgan fingerprint density at radius 2 is 2.00 bits per heavy atom. The normalized spacial score (nSPS) is 10.5. The van der Waals surface area contributed by atoms with Crippen molar-refractivity contribution in [1.82, 2.24) is 5.32 Å². The number of benzene rings is 1. The highest BCUT2D eigenvalue weighted by Gasteiger charge is 2.11. The summed E-state index contributed by atoms with van der Waals surface area (Å²) in [4.78, 5) is 0. The van der Waals surface area contributed by atoms with E-state index in [1.807, 2.05) is 32.9 Å². The Labute approximate surface area is 144 Å². The van der Waals surface area contributed by atoms with Gasteiger partial charge >= 0.3 is 0 Å². The summed E-state index contributed by atoms with van der Waals surface area (Å²) in [6.07, 6.45) is 1.28. The molecule has 0 unspecified atom stereocenters. The van der Waals surface area contributed by atoms with Crippen molar-refractivity contribution in [2.24, 2.45) is 0 Å². The minimum Gasteiger partial charge on any atom is -0.493 e. The van der Waals surface area contributed by atoms with Gasteiger partial charge in [-0.15, -0.1) is 12.4 Å². The lowest BCUT2D eigenvalue weighted by Gasteiger charge is -2.13. The maximum atomic E-state index is 6.24. The van der Waals surface area contributed by atoms with Gasteiger partial charge in [-0.3, -0.25) is 0 Å². The molecule has 6 heteroatoms. The van der Waals surface area contributed by atoms with Crippen LogP contribution in [0.2, 0.25) is 5.02 Å². The number of halogens is 2. The van der Waals surface area contributed by atoms with Gasteiger partial charge in [-0.25, -0.2) is 0 Å². The van der Waals surface area contributed by atoms with E-state index in [1.165, 1.54) is 0 Å². The van der Waals surface area contributed by atoms with E-state index < -0.39 is 0 Å². The van der Waals surface area contributed by atoms with Gasteiger partial charge in [-0.05, 0) is 51.4 Å². The fourth-order valence-corrected chi connectivity index (χ4v) is 2.20. The van der Waals surface area contributed by atoms with Gasteiger partial charge in [-0.2, -0.15) is 0 Å². The van der Waals surface area contributed by atoms with Gasteiger partial charge in [0, 0.05) is 13.2 Å². The topological polar surface area (TPSA) is 39.7 Å². The molecular weight excluding hydrogens is 325 g/mol. The molecule has 128 valence electrons. The van der Waals surface area contributed by atoms with Gasteiger partial charge in [0.25, 0.3) is 0 Å². The molecule has 0 spiro atoms. The van der Waals surface area contributed by atoms with Gasteiger partial charge < -0.3 is 19.5 Å². The summed E-state index contributed by atoms with van der Waals surface area (Å²) in [6.45, 7) is 8.99. The maximum Gasteiger partial charge on any atom is 0.179 e. The number of ether oxygens (including phenoxy) is 3. The predicted octanol–water partition coefficient (Wildman–Crippen LogP) is 4.07. The van der Waals surface area contributed by atoms with E-state index in [2.05, 4.69) is 5.32 Å². The third-order valence-corrected chi connectivity index (χ3v) is 3.14. The first-order chi connectivity index (χ1) is 10.1. The van der Waals surface area contributed by atoms with E-state index >= 15 is 0 Å². The maximum absolute atomic E-state index is 6.24. The Hall–Kier alpha value is -0.680. The second-order valence-corrected chi connectivity index (χ2v) is 5.40. The highest BCUT2D eigenvalue weighted by molar-refractivity contribution is 6.32. The minimum absolute atomic E-state index is 0. The summed E-state index contributed by atoms with van der Waals surface area (Å²) in [7, 11) is 1.62. The third kappa shape index (κ3) is 7.54. The average Bonchev–Trinajstić information content (AvgIpc) is 2.44. The Morgan fingerprint density at radius 1 is 1.27 bits per heavy atom. The van der Waals surface area contributed by atoms with Crippen LogP contribution in [0.4, 0.5) is 0 Å². The Balaban J connectivity index is 0.00000441. The molecule has 0 aliphatic rings. The molecule has 4 nitrogen and oxygen atoms in total. The fraction of sp³-hybridized carbons (Fsp3) is 0.625. The molecule has 22 heavy (non-hydrogen) atoms. The molecule has 0 aliphatic heterocycles. The molecule has 1 aromatic carbocycles. The second-order valence-electron chi connectivity index (χ2n) is 4.99. The summed E-state index contributed by atoms with van der Waals surface area (Å²) in [6, 6.07) is 3.86. The zero-order valence-corrected chi connectivity index (χ0v) is 15.4. The van der Waals surface area contributed by atoms with E-state index in [-0.39, 0.29) is 12.4 Å². The molecular formula is C16H27Cl2NO3. The van der Waals surface area contributed by atoms with Crippen molar-refractivity contribution >= 4 is 24.0 Å². The Bertz CT molecular complexity index is 428. The van der Waals surface area contributed by atoms with E-state index in [1.54, 1.807) is 7.11 Å². The Morgan fingerprint density at radius 3 is 2.59 bits per heavy atom. The lowest BCUT2D eigenvalue weighted by molar-refractivity contribution is 0.0770. The van der Waals surface area contributed by atoms with Crippen molar-refractivity contribution in [3.63, 3.8) is 0 Å². The summed E-state index contributed by atoms with van der Waals surface area (Å²) in [5, 5.41) is 3.95. The second kappa shape index (κ2) is 11.8. The fourth-order valence-electron chi connectivity index (χ4n) is 1.91. The first kappa shape index (κ1) is 21.3. The quantitative estimate of drug-likeness (QED) is 0.645. The van der Waals surface area contributed by atoms with Crippen LogP contribution in [-0.2, 0) is 11.3 Å². The van der Waals surface area contributed by atoms with E-state index in [4.69, 9.17) is 25.8 Å². The first-order valence-electron chi connectivity index (χ1n) is 7.40. The number of rotatable bonds is 10. The number of nitrogens with one attached hydrogen (secondary N) is 1. The molecule has 1 N–H and O–H groups in total. The van der Waals surface area contributed by atoms with Crippen LogP contribution in [0.5, 0.6) is 11.5 Å². The average molecular weight is 352 g/mol. The van der Waals surface area contributed by atoms with Crippen molar-refractivity contribution in [2.45, 2.75) is 39.8 Å². The molecule has 0 radical (unpaired) electrons.